The molecule has 0 saturated carbocycles. The number of halogens is 2. The Kier molecular flexibility index (Phi) is 8.25. The number of hydrogen-bond donors (Lipinski definition) is 0. The Labute approximate surface area is 245 Å². The van der Waals surface area contributed by atoms with Crippen molar-refractivity contribution in [2.24, 2.45) is 4.99 Å². The molecule has 0 amide bonds. The molecule has 185 valence electrons. The van der Waals surface area contributed by atoms with Gasteiger partial charge in [0.25, 0.3) is 0 Å². The van der Waals surface area contributed by atoms with Gasteiger partial charge in [0, 0.05) is 11.3 Å². The minimum Gasteiger partial charge on any atom is -1.00 e. The van der Waals surface area contributed by atoms with Gasteiger partial charge in [0.15, 0.2) is 0 Å². The minimum atomic E-state index is -1.15. The third-order valence-electron chi connectivity index (χ3n) is 7.74. The van der Waals surface area contributed by atoms with E-state index >= 15 is 0 Å². The Bertz CT molecular complexity index is 1380. The summed E-state index contributed by atoms with van der Waals surface area (Å²) in [6.45, 7) is 18.2. The Balaban J connectivity index is 0.000000208. The number of hydrogen-bond acceptors (Lipinski definition) is 1. The zero-order valence-corrected chi connectivity index (χ0v) is 27.4. The summed E-state index contributed by atoms with van der Waals surface area (Å²) in [4.78, 5) is 4.62. The summed E-state index contributed by atoms with van der Waals surface area (Å²) in [5, 5.41) is 3.28. The molecule has 7 rings (SSSR count). The third-order valence-corrected chi connectivity index (χ3v) is 13.4. The molecule has 36 heavy (non-hydrogen) atoms. The number of nitrogens with zero attached hydrogens (tertiary/aromatic N) is 1. The molecule has 2 aromatic rings. The number of benzene rings is 2. The Morgan fingerprint density at radius 2 is 1.50 bits per heavy atom. The number of fused-ring (bicyclic) bond motifs is 1. The second-order valence-electron chi connectivity index (χ2n) is 11.6. The fraction of sp³-hybridized carbons (Fsp3) is 0.323. The van der Waals surface area contributed by atoms with Crippen LogP contribution in [0.15, 0.2) is 86.3 Å². The van der Waals surface area contributed by atoms with Gasteiger partial charge >= 0.3 is 143 Å². The standard InChI is InChI=1S/C20H21.C11H13NSi.2ClH.Zr/c1-14-12-16-6-5-7-18(19(16)13-14)15-8-10-17(11-9-15)20(2,3)4;1-6-5-8-9(12-6)11-7(2)10(8)13(11,3)4;;;/h5-13H,1-4H3;5H,1-4H3;2*1H;/q;;;;+2/p-2. The molecular weight excluding hydrogens is 577 g/mol. The normalized spacial score (nSPS) is 20.2. The monoisotopic (exact) mass is 608 g/mol. The molecule has 0 saturated heterocycles. The molecule has 2 aliphatic carbocycles. The summed E-state index contributed by atoms with van der Waals surface area (Å²) in [5.41, 5.74) is 14.2. The van der Waals surface area contributed by atoms with E-state index in [1.807, 2.05) is 0 Å². The maximum Gasteiger partial charge on any atom is -1.00 e. The quantitative estimate of drug-likeness (QED) is 0.440. The predicted molar refractivity (Wildman–Crippen MR) is 145 cm³/mol. The first kappa shape index (κ1) is 29.3. The van der Waals surface area contributed by atoms with Gasteiger partial charge in [-0.05, 0) is 35.9 Å². The van der Waals surface area contributed by atoms with Crippen molar-refractivity contribution >= 4 is 19.9 Å². The van der Waals surface area contributed by atoms with Crippen LogP contribution in [0.1, 0.15) is 61.9 Å². The number of allylic oxidation sites excluding steroid dienone is 7. The average Bonchev–Trinajstić information content (AvgIpc) is 3.41. The second-order valence-corrected chi connectivity index (χ2v) is 17.3. The average molecular weight is 611 g/mol. The van der Waals surface area contributed by atoms with Gasteiger partial charge in [-0.3, -0.25) is 4.99 Å². The van der Waals surface area contributed by atoms with Crippen LogP contribution in [0.2, 0.25) is 13.1 Å². The summed E-state index contributed by atoms with van der Waals surface area (Å²) in [6, 6.07) is 15.8. The molecular formula is C31H34Cl2NSiZr. The predicted octanol–water partition coefficient (Wildman–Crippen LogP) is 2.44. The second kappa shape index (κ2) is 10.1. The molecule has 3 aliphatic heterocycles. The SMILES string of the molecule is CC1=CC2=C3C(C)=C(C2=N1)[Si]3(C)C.CC1=Cc2c(-c3ccc(C(C)(C)C)cc3)cccc2[CH]1[Zr+2].[Cl-].[Cl-]. The summed E-state index contributed by atoms with van der Waals surface area (Å²) >= 11 is 1.58. The molecule has 0 fully saturated rings. The molecule has 0 spiro atoms. The summed E-state index contributed by atoms with van der Waals surface area (Å²) in [7, 11) is -1.15. The number of rotatable bonds is 1. The van der Waals surface area contributed by atoms with Gasteiger partial charge in [-0.15, -0.1) is 0 Å². The molecule has 1 unspecified atom stereocenters. The first-order valence-electron chi connectivity index (χ1n) is 12.3. The van der Waals surface area contributed by atoms with Crippen molar-refractivity contribution in [3.63, 3.8) is 0 Å². The van der Waals surface area contributed by atoms with Crippen molar-refractivity contribution in [2.75, 3.05) is 0 Å². The summed E-state index contributed by atoms with van der Waals surface area (Å²) in [5.74, 6) is 0. The van der Waals surface area contributed by atoms with Crippen molar-refractivity contribution in [1.29, 1.82) is 0 Å². The fourth-order valence-corrected chi connectivity index (χ4v) is 10.7. The van der Waals surface area contributed by atoms with Gasteiger partial charge in [-0.1, -0.05) is 13.1 Å². The Hall–Kier alpha value is -1.25. The van der Waals surface area contributed by atoms with E-state index in [2.05, 4.69) is 114 Å². The Morgan fingerprint density at radius 1 is 0.861 bits per heavy atom. The zero-order chi connectivity index (χ0) is 24.6. The molecule has 2 aromatic carbocycles. The van der Waals surface area contributed by atoms with E-state index < -0.39 is 8.07 Å². The van der Waals surface area contributed by atoms with Crippen molar-refractivity contribution < 1.29 is 49.5 Å². The van der Waals surface area contributed by atoms with Gasteiger partial charge < -0.3 is 24.8 Å². The largest absolute Gasteiger partial charge is 1.00 e. The van der Waals surface area contributed by atoms with Crippen molar-refractivity contribution in [3.8, 4) is 11.1 Å². The van der Waals surface area contributed by atoms with Gasteiger partial charge in [-0.2, -0.15) is 0 Å². The van der Waals surface area contributed by atoms with Crippen LogP contribution in [0.3, 0.4) is 0 Å². The van der Waals surface area contributed by atoms with E-state index in [1.54, 1.807) is 35.1 Å². The van der Waals surface area contributed by atoms with Gasteiger partial charge in [0.05, 0.1) is 5.71 Å². The van der Waals surface area contributed by atoms with E-state index in [1.165, 1.54) is 55.9 Å². The summed E-state index contributed by atoms with van der Waals surface area (Å²) < 4.78 is 0.640. The molecule has 0 N–H and O–H groups in total. The first-order valence-corrected chi connectivity index (χ1v) is 16.7. The molecule has 1 nitrogen and oxygen atoms in total. The fourth-order valence-electron chi connectivity index (χ4n) is 6.02. The number of aliphatic imine (C=N–C) groups is 1. The van der Waals surface area contributed by atoms with Crippen LogP contribution in [0, 0.1) is 0 Å². The van der Waals surface area contributed by atoms with Crippen LogP contribution in [0.4, 0.5) is 0 Å². The molecule has 5 heteroatoms. The van der Waals surface area contributed by atoms with Crippen molar-refractivity contribution in [2.45, 2.75) is 63.7 Å². The van der Waals surface area contributed by atoms with Crippen LogP contribution >= 0.6 is 0 Å². The van der Waals surface area contributed by atoms with Crippen LogP contribution in [-0.2, 0) is 30.1 Å². The van der Waals surface area contributed by atoms with Gasteiger partial charge in [0.2, 0.25) is 0 Å². The maximum absolute atomic E-state index is 4.62. The Morgan fingerprint density at radius 3 is 2.06 bits per heavy atom. The van der Waals surface area contributed by atoms with E-state index in [0.29, 0.717) is 3.63 Å². The first-order chi connectivity index (χ1) is 15.9. The molecule has 0 aromatic heterocycles. The topological polar surface area (TPSA) is 12.4 Å². The van der Waals surface area contributed by atoms with Crippen LogP contribution in [0.5, 0.6) is 0 Å². The molecule has 0 radical (unpaired) electrons. The van der Waals surface area contributed by atoms with E-state index in [0.717, 1.165) is 0 Å². The molecule has 2 bridgehead atoms. The van der Waals surface area contributed by atoms with Crippen molar-refractivity contribution in [1.82, 2.24) is 0 Å². The minimum absolute atomic E-state index is 0. The van der Waals surface area contributed by atoms with Crippen LogP contribution < -0.4 is 24.8 Å². The van der Waals surface area contributed by atoms with Gasteiger partial charge in [0.1, 0.15) is 8.07 Å². The van der Waals surface area contributed by atoms with E-state index in [4.69, 9.17) is 0 Å². The van der Waals surface area contributed by atoms with E-state index in [9.17, 15) is 0 Å². The van der Waals surface area contributed by atoms with E-state index in [-0.39, 0.29) is 30.2 Å². The smallest absolute Gasteiger partial charge is 1.00 e. The molecule has 5 aliphatic rings. The molecule has 3 heterocycles. The van der Waals surface area contributed by atoms with Crippen LogP contribution in [0.25, 0.3) is 17.2 Å². The maximum atomic E-state index is 4.62. The zero-order valence-electron chi connectivity index (χ0n) is 22.5. The van der Waals surface area contributed by atoms with Crippen LogP contribution in [-0.4, -0.2) is 13.8 Å². The van der Waals surface area contributed by atoms with Crippen molar-refractivity contribution in [3.05, 3.63) is 98.0 Å². The van der Waals surface area contributed by atoms with Gasteiger partial charge in [-0.25, -0.2) is 0 Å². The summed E-state index contributed by atoms with van der Waals surface area (Å²) in [6.07, 6.45) is 4.63. The third kappa shape index (κ3) is 4.60. The molecule has 1 atom stereocenters.